The minimum Gasteiger partial charge on any atom is -0.384 e. The SMILES string of the molecule is COCC1(C(=O)N(C)Cc2nonc2C)CCC1. The molecule has 1 aromatic heterocycles. The minimum absolute atomic E-state index is 0.123. The van der Waals surface area contributed by atoms with E-state index in [4.69, 9.17) is 4.74 Å². The Balaban J connectivity index is 2.02. The van der Waals surface area contributed by atoms with Gasteiger partial charge in [0.1, 0.15) is 11.4 Å². The van der Waals surface area contributed by atoms with E-state index < -0.39 is 0 Å². The van der Waals surface area contributed by atoms with Crippen molar-refractivity contribution in [3.63, 3.8) is 0 Å². The lowest BCUT2D eigenvalue weighted by molar-refractivity contribution is -0.151. The average Bonchev–Trinajstić information content (AvgIpc) is 2.69. The molecule has 0 bridgehead atoms. The molecule has 1 aromatic rings. The summed E-state index contributed by atoms with van der Waals surface area (Å²) in [5.74, 6) is 0.123. The maximum absolute atomic E-state index is 12.4. The first-order valence-corrected chi connectivity index (χ1v) is 6.11. The molecule has 0 radical (unpaired) electrons. The predicted molar refractivity (Wildman–Crippen MR) is 63.7 cm³/mol. The van der Waals surface area contributed by atoms with Crippen LogP contribution in [-0.4, -0.2) is 41.9 Å². The molecule has 0 aliphatic heterocycles. The molecule has 1 amide bonds. The van der Waals surface area contributed by atoms with Gasteiger partial charge in [-0.1, -0.05) is 16.7 Å². The standard InChI is InChI=1S/C12H19N3O3/c1-9-10(14-18-13-9)7-15(2)11(16)12(8-17-3)5-4-6-12/h4-8H2,1-3H3. The Morgan fingerprint density at radius 2 is 2.22 bits per heavy atom. The van der Waals surface area contributed by atoms with Crippen LogP contribution in [0.5, 0.6) is 0 Å². The summed E-state index contributed by atoms with van der Waals surface area (Å²) in [5, 5.41) is 7.51. The number of methoxy groups -OCH3 is 1. The molecule has 0 unspecified atom stereocenters. The van der Waals surface area contributed by atoms with Crippen LogP contribution in [-0.2, 0) is 16.1 Å². The molecule has 18 heavy (non-hydrogen) atoms. The summed E-state index contributed by atoms with van der Waals surface area (Å²) < 4.78 is 9.82. The van der Waals surface area contributed by atoms with Crippen LogP contribution < -0.4 is 0 Å². The van der Waals surface area contributed by atoms with Gasteiger partial charge in [-0.2, -0.15) is 0 Å². The van der Waals surface area contributed by atoms with Gasteiger partial charge in [-0.3, -0.25) is 4.79 Å². The minimum atomic E-state index is -0.325. The van der Waals surface area contributed by atoms with Gasteiger partial charge in [-0.15, -0.1) is 0 Å². The van der Waals surface area contributed by atoms with Crippen molar-refractivity contribution in [2.75, 3.05) is 20.8 Å². The molecule has 0 spiro atoms. The molecular weight excluding hydrogens is 234 g/mol. The molecule has 1 fully saturated rings. The molecule has 0 aromatic carbocycles. The fourth-order valence-corrected chi connectivity index (χ4v) is 2.39. The Labute approximate surface area is 106 Å². The number of aryl methyl sites for hydroxylation is 1. The predicted octanol–water partition coefficient (Wildman–Crippen LogP) is 1.15. The van der Waals surface area contributed by atoms with Gasteiger partial charge in [0.15, 0.2) is 0 Å². The van der Waals surface area contributed by atoms with Crippen LogP contribution in [0.3, 0.4) is 0 Å². The van der Waals surface area contributed by atoms with Crippen LogP contribution in [0.15, 0.2) is 4.63 Å². The van der Waals surface area contributed by atoms with Gasteiger partial charge < -0.3 is 9.64 Å². The zero-order valence-electron chi connectivity index (χ0n) is 11.1. The van der Waals surface area contributed by atoms with E-state index in [1.165, 1.54) is 0 Å². The Kier molecular flexibility index (Phi) is 3.65. The molecule has 0 atom stereocenters. The Bertz CT molecular complexity index is 426. The fourth-order valence-electron chi connectivity index (χ4n) is 2.39. The maximum Gasteiger partial charge on any atom is 0.231 e. The van der Waals surface area contributed by atoms with E-state index in [2.05, 4.69) is 14.9 Å². The van der Waals surface area contributed by atoms with Gasteiger partial charge in [0.2, 0.25) is 5.91 Å². The van der Waals surface area contributed by atoms with Crippen molar-refractivity contribution in [1.82, 2.24) is 15.2 Å². The molecule has 0 N–H and O–H groups in total. The first-order valence-electron chi connectivity index (χ1n) is 6.11. The smallest absolute Gasteiger partial charge is 0.231 e. The number of carbonyl (C=O) groups is 1. The number of nitrogens with zero attached hydrogens (tertiary/aromatic N) is 3. The number of hydrogen-bond donors (Lipinski definition) is 0. The van der Waals surface area contributed by atoms with Crippen LogP contribution in [0.2, 0.25) is 0 Å². The third-order valence-electron chi connectivity index (χ3n) is 3.67. The molecule has 6 nitrogen and oxygen atoms in total. The zero-order valence-corrected chi connectivity index (χ0v) is 11.1. The highest BCUT2D eigenvalue weighted by Crippen LogP contribution is 2.42. The van der Waals surface area contributed by atoms with E-state index in [0.717, 1.165) is 25.0 Å². The number of rotatable bonds is 5. The average molecular weight is 253 g/mol. The highest BCUT2D eigenvalue weighted by Gasteiger charge is 2.45. The van der Waals surface area contributed by atoms with Crippen LogP contribution in [0.25, 0.3) is 0 Å². The van der Waals surface area contributed by atoms with Crippen molar-refractivity contribution < 1.29 is 14.2 Å². The Morgan fingerprint density at radius 3 is 2.67 bits per heavy atom. The van der Waals surface area contributed by atoms with Gasteiger partial charge in [0.25, 0.3) is 0 Å². The van der Waals surface area contributed by atoms with E-state index in [1.54, 1.807) is 19.1 Å². The first-order chi connectivity index (χ1) is 8.59. The second-order valence-corrected chi connectivity index (χ2v) is 5.02. The lowest BCUT2D eigenvalue weighted by Crippen LogP contribution is -2.49. The summed E-state index contributed by atoms with van der Waals surface area (Å²) >= 11 is 0. The largest absolute Gasteiger partial charge is 0.384 e. The molecule has 1 aliphatic carbocycles. The number of ether oxygens (including phenoxy) is 1. The Morgan fingerprint density at radius 1 is 1.50 bits per heavy atom. The van der Waals surface area contributed by atoms with Gasteiger partial charge in [0, 0.05) is 14.2 Å². The second-order valence-electron chi connectivity index (χ2n) is 5.02. The number of hydrogen-bond acceptors (Lipinski definition) is 5. The zero-order chi connectivity index (χ0) is 13.2. The van der Waals surface area contributed by atoms with E-state index in [-0.39, 0.29) is 11.3 Å². The van der Waals surface area contributed by atoms with E-state index >= 15 is 0 Å². The third-order valence-corrected chi connectivity index (χ3v) is 3.67. The topological polar surface area (TPSA) is 68.5 Å². The maximum atomic E-state index is 12.4. The summed E-state index contributed by atoms with van der Waals surface area (Å²) in [4.78, 5) is 14.1. The van der Waals surface area contributed by atoms with Gasteiger partial charge in [0.05, 0.1) is 18.6 Å². The van der Waals surface area contributed by atoms with Gasteiger partial charge in [-0.05, 0) is 19.8 Å². The van der Waals surface area contributed by atoms with Crippen molar-refractivity contribution in [2.24, 2.45) is 5.41 Å². The molecule has 1 aliphatic rings. The Hall–Kier alpha value is -1.43. The molecular formula is C12H19N3O3. The van der Waals surface area contributed by atoms with Gasteiger partial charge in [-0.25, -0.2) is 4.63 Å². The number of amides is 1. The first kappa shape index (κ1) is 13.0. The van der Waals surface area contributed by atoms with Crippen LogP contribution in [0, 0.1) is 12.3 Å². The summed E-state index contributed by atoms with van der Waals surface area (Å²) in [6.45, 7) is 2.74. The highest BCUT2D eigenvalue weighted by molar-refractivity contribution is 5.83. The van der Waals surface area contributed by atoms with Crippen molar-refractivity contribution in [2.45, 2.75) is 32.7 Å². The van der Waals surface area contributed by atoms with Crippen molar-refractivity contribution >= 4 is 5.91 Å². The highest BCUT2D eigenvalue weighted by atomic mass is 16.6. The normalized spacial score (nSPS) is 17.3. The number of aromatic nitrogens is 2. The molecule has 1 saturated carbocycles. The van der Waals surface area contributed by atoms with Crippen LogP contribution in [0.4, 0.5) is 0 Å². The number of carbonyl (C=O) groups excluding carboxylic acids is 1. The molecule has 0 saturated heterocycles. The molecule has 100 valence electrons. The fraction of sp³-hybridized carbons (Fsp3) is 0.750. The van der Waals surface area contributed by atoms with E-state index in [1.807, 2.05) is 6.92 Å². The van der Waals surface area contributed by atoms with Crippen LogP contribution in [0.1, 0.15) is 30.7 Å². The summed E-state index contributed by atoms with van der Waals surface area (Å²) in [7, 11) is 3.42. The van der Waals surface area contributed by atoms with Crippen LogP contribution >= 0.6 is 0 Å². The van der Waals surface area contributed by atoms with E-state index in [9.17, 15) is 4.79 Å². The summed E-state index contributed by atoms with van der Waals surface area (Å²) in [5.41, 5.74) is 1.11. The summed E-state index contributed by atoms with van der Waals surface area (Å²) in [6, 6.07) is 0. The lowest BCUT2D eigenvalue weighted by Gasteiger charge is -2.41. The lowest BCUT2D eigenvalue weighted by atomic mass is 9.68. The summed E-state index contributed by atoms with van der Waals surface area (Å²) in [6.07, 6.45) is 2.90. The van der Waals surface area contributed by atoms with Gasteiger partial charge >= 0.3 is 0 Å². The van der Waals surface area contributed by atoms with E-state index in [0.29, 0.717) is 18.8 Å². The third kappa shape index (κ3) is 2.25. The molecule has 6 heteroatoms. The monoisotopic (exact) mass is 253 g/mol. The van der Waals surface area contributed by atoms with Crippen molar-refractivity contribution in [1.29, 1.82) is 0 Å². The quantitative estimate of drug-likeness (QED) is 0.787. The van der Waals surface area contributed by atoms with Crippen molar-refractivity contribution in [3.05, 3.63) is 11.4 Å². The molecule has 1 heterocycles. The molecule has 2 rings (SSSR count). The second kappa shape index (κ2) is 5.06. The van der Waals surface area contributed by atoms with Crippen molar-refractivity contribution in [3.8, 4) is 0 Å².